The SMILES string of the molecule is CC(C)c1cccc2c1C(C(Cc1ccccc1)C(=O)O)(C(Cc1ccccc1)C(=O)O)C=C2. The number of aliphatic carboxylic acids is 2. The van der Waals surface area contributed by atoms with Crippen LogP contribution in [0.4, 0.5) is 0 Å². The van der Waals surface area contributed by atoms with E-state index in [9.17, 15) is 19.8 Å². The van der Waals surface area contributed by atoms with Gasteiger partial charge in [0, 0.05) is 5.41 Å². The van der Waals surface area contributed by atoms with E-state index in [0.717, 1.165) is 27.8 Å². The Hall–Kier alpha value is -3.66. The molecule has 0 heterocycles. The minimum atomic E-state index is -1.19. The Balaban J connectivity index is 1.97. The molecule has 1 aliphatic carbocycles. The fourth-order valence-electron chi connectivity index (χ4n) is 5.46. The Morgan fingerprint density at radius 2 is 1.24 bits per heavy atom. The largest absolute Gasteiger partial charge is 0.481 e. The highest BCUT2D eigenvalue weighted by atomic mass is 16.4. The van der Waals surface area contributed by atoms with Crippen LogP contribution >= 0.6 is 0 Å². The number of allylic oxidation sites excluding steroid dienone is 1. The number of hydrogen-bond acceptors (Lipinski definition) is 2. The van der Waals surface area contributed by atoms with Gasteiger partial charge in [-0.25, -0.2) is 0 Å². The zero-order valence-corrected chi connectivity index (χ0v) is 19.5. The van der Waals surface area contributed by atoms with E-state index in [1.807, 2.05) is 91.0 Å². The lowest BCUT2D eigenvalue weighted by molar-refractivity contribution is -0.149. The molecule has 1 aliphatic rings. The second-order valence-corrected chi connectivity index (χ2v) is 9.39. The lowest BCUT2D eigenvalue weighted by Gasteiger charge is -2.42. The Morgan fingerprint density at radius 3 is 1.68 bits per heavy atom. The second kappa shape index (κ2) is 9.68. The van der Waals surface area contributed by atoms with Crippen LogP contribution in [0.15, 0.2) is 84.9 Å². The van der Waals surface area contributed by atoms with E-state index in [4.69, 9.17) is 0 Å². The van der Waals surface area contributed by atoms with Gasteiger partial charge < -0.3 is 10.2 Å². The minimum Gasteiger partial charge on any atom is -0.481 e. The molecule has 2 N–H and O–H groups in total. The third-order valence-corrected chi connectivity index (χ3v) is 7.04. The van der Waals surface area contributed by atoms with E-state index in [1.54, 1.807) is 0 Å². The van der Waals surface area contributed by atoms with Gasteiger partial charge in [-0.2, -0.15) is 0 Å². The van der Waals surface area contributed by atoms with Crippen LogP contribution < -0.4 is 0 Å². The Bertz CT molecular complexity index is 1140. The molecule has 4 nitrogen and oxygen atoms in total. The van der Waals surface area contributed by atoms with Gasteiger partial charge in [0.2, 0.25) is 0 Å². The summed E-state index contributed by atoms with van der Waals surface area (Å²) in [5, 5.41) is 21.2. The van der Waals surface area contributed by atoms with Crippen molar-refractivity contribution in [2.24, 2.45) is 11.8 Å². The van der Waals surface area contributed by atoms with Crippen LogP contribution in [0, 0.1) is 11.8 Å². The molecule has 2 unspecified atom stereocenters. The molecule has 174 valence electrons. The highest BCUT2D eigenvalue weighted by Gasteiger charge is 2.54. The number of carboxylic acid groups (broad SMARTS) is 2. The topological polar surface area (TPSA) is 74.6 Å². The summed E-state index contributed by atoms with van der Waals surface area (Å²) in [7, 11) is 0. The summed E-state index contributed by atoms with van der Waals surface area (Å²) in [4.78, 5) is 25.9. The maximum absolute atomic E-state index is 12.9. The average molecular weight is 455 g/mol. The zero-order chi connectivity index (χ0) is 24.3. The Kier molecular flexibility index (Phi) is 6.69. The van der Waals surface area contributed by atoms with E-state index in [2.05, 4.69) is 13.8 Å². The predicted molar refractivity (Wildman–Crippen MR) is 134 cm³/mol. The molecule has 0 radical (unpaired) electrons. The van der Waals surface area contributed by atoms with Crippen LogP contribution in [-0.4, -0.2) is 22.2 Å². The smallest absolute Gasteiger partial charge is 0.308 e. The minimum absolute atomic E-state index is 0.117. The molecular weight excluding hydrogens is 424 g/mol. The van der Waals surface area contributed by atoms with Crippen molar-refractivity contribution in [2.45, 2.75) is 38.0 Å². The summed E-state index contributed by atoms with van der Waals surface area (Å²) >= 11 is 0. The summed E-state index contributed by atoms with van der Waals surface area (Å²) in [6, 6.07) is 24.9. The van der Waals surface area contributed by atoms with Crippen LogP contribution in [-0.2, 0) is 27.8 Å². The van der Waals surface area contributed by atoms with Gasteiger partial charge in [0.05, 0.1) is 11.8 Å². The Morgan fingerprint density at radius 1 is 0.735 bits per heavy atom. The van der Waals surface area contributed by atoms with E-state index in [0.29, 0.717) is 0 Å². The van der Waals surface area contributed by atoms with Crippen molar-refractivity contribution in [3.8, 4) is 0 Å². The van der Waals surface area contributed by atoms with Gasteiger partial charge in [0.1, 0.15) is 0 Å². The van der Waals surface area contributed by atoms with Crippen molar-refractivity contribution >= 4 is 18.0 Å². The van der Waals surface area contributed by atoms with Gasteiger partial charge in [-0.15, -0.1) is 0 Å². The van der Waals surface area contributed by atoms with E-state index >= 15 is 0 Å². The zero-order valence-electron chi connectivity index (χ0n) is 19.5. The first kappa shape index (κ1) is 23.5. The number of benzene rings is 3. The number of rotatable bonds is 9. The molecule has 4 heteroatoms. The van der Waals surface area contributed by atoms with E-state index in [-0.39, 0.29) is 18.8 Å². The summed E-state index contributed by atoms with van der Waals surface area (Å²) in [6.45, 7) is 4.14. The van der Waals surface area contributed by atoms with Gasteiger partial charge in [-0.3, -0.25) is 9.59 Å². The number of fused-ring (bicyclic) bond motifs is 1. The van der Waals surface area contributed by atoms with Gasteiger partial charge in [-0.1, -0.05) is 105 Å². The van der Waals surface area contributed by atoms with Gasteiger partial charge in [-0.05, 0) is 46.6 Å². The first-order valence-electron chi connectivity index (χ1n) is 11.7. The molecule has 34 heavy (non-hydrogen) atoms. The maximum Gasteiger partial charge on any atom is 0.308 e. The molecule has 3 aromatic carbocycles. The molecule has 0 saturated carbocycles. The molecule has 3 aromatic rings. The van der Waals surface area contributed by atoms with Crippen molar-refractivity contribution < 1.29 is 19.8 Å². The van der Waals surface area contributed by atoms with Crippen LogP contribution in [0.3, 0.4) is 0 Å². The lowest BCUT2D eigenvalue weighted by Crippen LogP contribution is -2.49. The van der Waals surface area contributed by atoms with Crippen LogP contribution in [0.2, 0.25) is 0 Å². The van der Waals surface area contributed by atoms with Gasteiger partial charge >= 0.3 is 11.9 Å². The average Bonchev–Trinajstić information content (AvgIpc) is 3.22. The third-order valence-electron chi connectivity index (χ3n) is 7.04. The number of hydrogen-bond donors (Lipinski definition) is 2. The monoisotopic (exact) mass is 454 g/mol. The molecule has 0 saturated heterocycles. The fraction of sp³-hybridized carbons (Fsp3) is 0.267. The standard InChI is InChI=1S/C30H30O4/c1-20(2)24-15-9-14-23-16-17-30(27(23)24,25(28(31)32)18-21-10-5-3-6-11-21)26(29(33)34)19-22-12-7-4-8-13-22/h3-17,20,25-26H,18-19H2,1-2H3,(H,31,32)(H,33,34). The van der Waals surface area contributed by atoms with Crippen molar-refractivity contribution in [1.82, 2.24) is 0 Å². The summed E-state index contributed by atoms with van der Waals surface area (Å²) in [6.07, 6.45) is 4.27. The van der Waals surface area contributed by atoms with Crippen LogP contribution in [0.5, 0.6) is 0 Å². The number of carboxylic acids is 2. The maximum atomic E-state index is 12.9. The molecule has 0 spiro atoms. The predicted octanol–water partition coefficient (Wildman–Crippen LogP) is 5.96. The van der Waals surface area contributed by atoms with Crippen molar-refractivity contribution in [3.05, 3.63) is 113 Å². The molecule has 0 aromatic heterocycles. The first-order valence-corrected chi connectivity index (χ1v) is 11.7. The van der Waals surface area contributed by atoms with Crippen LogP contribution in [0.25, 0.3) is 6.08 Å². The fourth-order valence-corrected chi connectivity index (χ4v) is 5.46. The van der Waals surface area contributed by atoms with Crippen molar-refractivity contribution in [1.29, 1.82) is 0 Å². The van der Waals surface area contributed by atoms with Gasteiger partial charge in [0.25, 0.3) is 0 Å². The Labute approximate surface area is 200 Å². The second-order valence-electron chi connectivity index (χ2n) is 9.39. The summed E-state index contributed by atoms with van der Waals surface area (Å²) < 4.78 is 0. The lowest BCUT2D eigenvalue weighted by atomic mass is 9.59. The normalized spacial score (nSPS) is 18.4. The van der Waals surface area contributed by atoms with E-state index in [1.165, 1.54) is 0 Å². The summed E-state index contributed by atoms with van der Waals surface area (Å²) in [5.41, 5.74) is 3.31. The van der Waals surface area contributed by atoms with Gasteiger partial charge in [0.15, 0.2) is 0 Å². The molecular formula is C30H30O4. The summed E-state index contributed by atoms with van der Waals surface area (Å²) in [5.74, 6) is -3.75. The molecule has 0 aliphatic heterocycles. The molecule has 0 fully saturated rings. The molecule has 4 rings (SSSR count). The number of carbonyl (C=O) groups is 2. The van der Waals surface area contributed by atoms with Crippen molar-refractivity contribution in [2.75, 3.05) is 0 Å². The van der Waals surface area contributed by atoms with E-state index < -0.39 is 29.2 Å². The quantitative estimate of drug-likeness (QED) is 0.418. The highest BCUT2D eigenvalue weighted by molar-refractivity contribution is 5.84. The third kappa shape index (κ3) is 4.28. The highest BCUT2D eigenvalue weighted by Crippen LogP contribution is 2.52. The van der Waals surface area contributed by atoms with Crippen molar-refractivity contribution in [3.63, 3.8) is 0 Å². The van der Waals surface area contributed by atoms with Crippen LogP contribution in [0.1, 0.15) is 47.6 Å². The molecule has 0 bridgehead atoms. The first-order chi connectivity index (χ1) is 16.3. The molecule has 0 amide bonds. The molecule has 2 atom stereocenters.